The fourth-order valence-electron chi connectivity index (χ4n) is 6.58. The molecule has 0 radical (unpaired) electrons. The Hall–Kier alpha value is -3.07. The molecule has 0 spiro atoms. The molecular formula is C31H39F3N2O4. The Balaban J connectivity index is 1.78. The molecule has 2 aromatic carbocycles. The predicted octanol–water partition coefficient (Wildman–Crippen LogP) is 6.45. The van der Waals surface area contributed by atoms with E-state index in [0.717, 1.165) is 49.8 Å². The Morgan fingerprint density at radius 2 is 1.68 bits per heavy atom. The number of nitrogens with one attached hydrogen (secondary N) is 1. The second kappa shape index (κ2) is 11.8. The van der Waals surface area contributed by atoms with Gasteiger partial charge in [-0.3, -0.25) is 4.79 Å². The normalized spacial score (nSPS) is 24.2. The van der Waals surface area contributed by atoms with Crippen molar-refractivity contribution in [3.8, 4) is 5.75 Å². The lowest BCUT2D eigenvalue weighted by atomic mass is 9.72. The first-order chi connectivity index (χ1) is 18.8. The van der Waals surface area contributed by atoms with Crippen LogP contribution < -0.4 is 10.1 Å². The van der Waals surface area contributed by atoms with Crippen LogP contribution >= 0.6 is 0 Å². The average molecular weight is 561 g/mol. The predicted molar refractivity (Wildman–Crippen MR) is 146 cm³/mol. The van der Waals surface area contributed by atoms with Crippen molar-refractivity contribution < 1.29 is 32.6 Å². The summed E-state index contributed by atoms with van der Waals surface area (Å²) in [6, 6.07) is 10.7. The number of ether oxygens (including phenoxy) is 1. The van der Waals surface area contributed by atoms with Crippen molar-refractivity contribution in [2.45, 2.75) is 83.7 Å². The highest BCUT2D eigenvalue weighted by molar-refractivity contribution is 5.87. The van der Waals surface area contributed by atoms with Crippen molar-refractivity contribution in [1.82, 2.24) is 10.2 Å². The number of methoxy groups -OCH3 is 1. The maximum atomic E-state index is 14.1. The van der Waals surface area contributed by atoms with E-state index in [9.17, 15) is 27.9 Å². The number of benzene rings is 2. The number of aliphatic carboxylic acids is 1. The van der Waals surface area contributed by atoms with Gasteiger partial charge < -0.3 is 20.1 Å². The molecule has 1 saturated heterocycles. The van der Waals surface area contributed by atoms with Crippen LogP contribution in [0.2, 0.25) is 0 Å². The first-order valence-electron chi connectivity index (χ1n) is 13.9. The summed E-state index contributed by atoms with van der Waals surface area (Å²) in [6.45, 7) is 6.05. The van der Waals surface area contributed by atoms with Gasteiger partial charge >= 0.3 is 12.1 Å². The monoisotopic (exact) mass is 560 g/mol. The van der Waals surface area contributed by atoms with Gasteiger partial charge in [0.15, 0.2) is 0 Å². The summed E-state index contributed by atoms with van der Waals surface area (Å²) in [5.74, 6) is -1.80. The summed E-state index contributed by atoms with van der Waals surface area (Å²) in [4.78, 5) is 28.7. The Kier molecular flexibility index (Phi) is 8.83. The van der Waals surface area contributed by atoms with Gasteiger partial charge in [-0.2, -0.15) is 13.2 Å². The molecular weight excluding hydrogens is 521 g/mol. The zero-order valence-electron chi connectivity index (χ0n) is 23.5. The van der Waals surface area contributed by atoms with E-state index < -0.39 is 47.2 Å². The number of amides is 1. The van der Waals surface area contributed by atoms with Crippen LogP contribution in [0, 0.1) is 17.3 Å². The van der Waals surface area contributed by atoms with Crippen LogP contribution in [0.3, 0.4) is 0 Å². The van der Waals surface area contributed by atoms with Crippen LogP contribution in [0.25, 0.3) is 0 Å². The average Bonchev–Trinajstić information content (AvgIpc) is 3.28. The number of carboxylic acid groups (broad SMARTS) is 1. The number of carboxylic acids is 1. The first kappa shape index (κ1) is 29.9. The molecule has 1 aliphatic carbocycles. The van der Waals surface area contributed by atoms with E-state index in [0.29, 0.717) is 5.56 Å². The van der Waals surface area contributed by atoms with E-state index in [2.05, 4.69) is 5.32 Å². The van der Waals surface area contributed by atoms with Crippen LogP contribution in [-0.2, 0) is 22.3 Å². The number of alkyl halides is 3. The molecule has 9 heteroatoms. The fourth-order valence-corrected chi connectivity index (χ4v) is 6.58. The lowest BCUT2D eigenvalue weighted by molar-refractivity contribution is -0.154. The zero-order valence-corrected chi connectivity index (χ0v) is 23.5. The third-order valence-corrected chi connectivity index (χ3v) is 8.41. The van der Waals surface area contributed by atoms with Crippen LogP contribution in [0.15, 0.2) is 48.5 Å². The van der Waals surface area contributed by atoms with Gasteiger partial charge in [0.05, 0.1) is 18.7 Å². The Labute approximate surface area is 233 Å². The van der Waals surface area contributed by atoms with Crippen LogP contribution in [0.4, 0.5) is 13.2 Å². The van der Waals surface area contributed by atoms with Crippen molar-refractivity contribution in [2.75, 3.05) is 7.11 Å². The summed E-state index contributed by atoms with van der Waals surface area (Å²) in [5, 5.41) is 14.1. The number of carbonyl (C=O) groups is 2. The molecule has 4 atom stereocenters. The number of carbonyl (C=O) groups excluding carboxylic acids is 1. The molecule has 4 rings (SSSR count). The molecule has 0 bridgehead atoms. The molecule has 40 heavy (non-hydrogen) atoms. The standard InChI is InChI=1S/C31H39F3N2O4/c1-30(2,3)24-25(35-18-21-15-16-22(31(32,33)34)17-23(21)40-4)26(19-11-7-5-8-12-19)36(27(24)29(38)39)28(37)20-13-9-6-10-14-20/h5,7-8,11-12,15-17,20,24-27,35H,6,9-10,13-14,18H2,1-4H3,(H,38,39)/t24-,25-,26-,27-/m0/s1. The molecule has 2 aliphatic rings. The van der Waals surface area contributed by atoms with Gasteiger partial charge in [0, 0.05) is 30.0 Å². The van der Waals surface area contributed by atoms with Gasteiger partial charge in [0.1, 0.15) is 11.8 Å². The highest BCUT2D eigenvalue weighted by Gasteiger charge is 2.58. The molecule has 2 N–H and O–H groups in total. The van der Waals surface area contributed by atoms with Crippen molar-refractivity contribution in [2.24, 2.45) is 17.3 Å². The number of nitrogens with zero attached hydrogens (tertiary/aromatic N) is 1. The van der Waals surface area contributed by atoms with Crippen molar-refractivity contribution in [3.05, 3.63) is 65.2 Å². The van der Waals surface area contributed by atoms with Crippen LogP contribution in [-0.4, -0.2) is 41.1 Å². The molecule has 6 nitrogen and oxygen atoms in total. The maximum Gasteiger partial charge on any atom is 0.416 e. The molecule has 0 aromatic heterocycles. The number of hydrogen-bond acceptors (Lipinski definition) is 4. The number of rotatable bonds is 7. The number of hydrogen-bond donors (Lipinski definition) is 2. The molecule has 0 unspecified atom stereocenters. The molecule has 218 valence electrons. The van der Waals surface area contributed by atoms with Gasteiger partial charge in [-0.15, -0.1) is 0 Å². The SMILES string of the molecule is COc1cc(C(F)(F)F)ccc1CN[C@H]1[C@H](C(C)(C)C)[C@@H](C(=O)O)N(C(=O)C2CCCCC2)[C@H]1c1ccccc1. The summed E-state index contributed by atoms with van der Waals surface area (Å²) in [6.07, 6.45) is -0.0757. The largest absolute Gasteiger partial charge is 0.496 e. The summed E-state index contributed by atoms with van der Waals surface area (Å²) in [7, 11) is 1.32. The molecule has 1 amide bonds. The van der Waals surface area contributed by atoms with Gasteiger partial charge in [0.25, 0.3) is 0 Å². The fraction of sp³-hybridized carbons (Fsp3) is 0.548. The lowest BCUT2D eigenvalue weighted by Gasteiger charge is -2.36. The van der Waals surface area contributed by atoms with Gasteiger partial charge in [0.2, 0.25) is 5.91 Å². The molecule has 1 heterocycles. The van der Waals surface area contributed by atoms with E-state index in [-0.39, 0.29) is 24.1 Å². The smallest absolute Gasteiger partial charge is 0.416 e. The number of halogens is 3. The summed E-state index contributed by atoms with van der Waals surface area (Å²) in [5.41, 5.74) is 0.0129. The van der Waals surface area contributed by atoms with E-state index in [1.807, 2.05) is 51.1 Å². The van der Waals surface area contributed by atoms with E-state index >= 15 is 0 Å². The lowest BCUT2D eigenvalue weighted by Crippen LogP contribution is -2.49. The maximum absolute atomic E-state index is 14.1. The molecule has 1 aliphatic heterocycles. The Bertz CT molecular complexity index is 1190. The van der Waals surface area contributed by atoms with Crippen molar-refractivity contribution in [1.29, 1.82) is 0 Å². The quantitative estimate of drug-likeness (QED) is 0.407. The third kappa shape index (κ3) is 6.14. The first-order valence-corrected chi connectivity index (χ1v) is 13.9. The van der Waals surface area contributed by atoms with E-state index in [1.54, 1.807) is 4.90 Å². The minimum absolute atomic E-state index is 0.0915. The molecule has 2 aromatic rings. The van der Waals surface area contributed by atoms with Gasteiger partial charge in [-0.05, 0) is 36.0 Å². The third-order valence-electron chi connectivity index (χ3n) is 8.41. The van der Waals surface area contributed by atoms with Crippen LogP contribution in [0.1, 0.15) is 75.6 Å². The second-order valence-electron chi connectivity index (χ2n) is 12.0. The Morgan fingerprint density at radius 3 is 2.23 bits per heavy atom. The van der Waals surface area contributed by atoms with Gasteiger partial charge in [-0.25, -0.2) is 4.79 Å². The highest BCUT2D eigenvalue weighted by Crippen LogP contribution is 2.49. The van der Waals surface area contributed by atoms with E-state index in [1.165, 1.54) is 13.2 Å². The molecule has 1 saturated carbocycles. The van der Waals surface area contributed by atoms with Gasteiger partial charge in [-0.1, -0.05) is 76.4 Å². The zero-order chi connectivity index (χ0) is 29.2. The minimum Gasteiger partial charge on any atom is -0.496 e. The molecule has 2 fully saturated rings. The van der Waals surface area contributed by atoms with Crippen LogP contribution in [0.5, 0.6) is 5.75 Å². The summed E-state index contributed by atoms with van der Waals surface area (Å²) < 4.78 is 45.2. The number of likely N-dealkylation sites (tertiary alicyclic amines) is 1. The van der Waals surface area contributed by atoms with E-state index in [4.69, 9.17) is 4.74 Å². The minimum atomic E-state index is -4.50. The second-order valence-corrected chi connectivity index (χ2v) is 12.0. The van der Waals surface area contributed by atoms with Crippen molar-refractivity contribution >= 4 is 11.9 Å². The Morgan fingerprint density at radius 1 is 1.02 bits per heavy atom. The topological polar surface area (TPSA) is 78.9 Å². The summed E-state index contributed by atoms with van der Waals surface area (Å²) >= 11 is 0. The van der Waals surface area contributed by atoms with Crippen molar-refractivity contribution in [3.63, 3.8) is 0 Å². The highest BCUT2D eigenvalue weighted by atomic mass is 19.4.